The summed E-state index contributed by atoms with van der Waals surface area (Å²) in [6.07, 6.45) is 0. The normalized spacial score (nSPS) is 12.7. The molecule has 128 valence electrons. The number of fused-ring (bicyclic) bond motifs is 2. The topological polar surface area (TPSA) is 98.9 Å². The summed E-state index contributed by atoms with van der Waals surface area (Å²) >= 11 is 0. The van der Waals surface area contributed by atoms with Gasteiger partial charge in [0.15, 0.2) is 11.5 Å². The summed E-state index contributed by atoms with van der Waals surface area (Å²) in [6, 6.07) is 13.8. The number of nitrogens with one attached hydrogen (secondary N) is 1. The molecule has 3 N–H and O–H groups in total. The molecule has 0 fully saturated rings. The second kappa shape index (κ2) is 5.45. The minimum absolute atomic E-state index is 0.225. The van der Waals surface area contributed by atoms with E-state index in [1.807, 2.05) is 30.3 Å². The van der Waals surface area contributed by atoms with E-state index >= 15 is 0 Å². The third-order valence-electron chi connectivity index (χ3n) is 4.57. The zero-order valence-corrected chi connectivity index (χ0v) is 14.0. The van der Waals surface area contributed by atoms with E-state index in [1.54, 1.807) is 0 Å². The quantitative estimate of drug-likeness (QED) is 0.578. The fraction of sp³-hybridized carbons (Fsp3) is 0.105. The number of benzene rings is 2. The van der Waals surface area contributed by atoms with Gasteiger partial charge < -0.3 is 15.2 Å². The minimum atomic E-state index is 0.225. The summed E-state index contributed by atoms with van der Waals surface area (Å²) in [5.74, 6) is 1.89. The Hall–Kier alpha value is -3.61. The minimum Gasteiger partial charge on any atom is -0.454 e. The van der Waals surface area contributed by atoms with Crippen LogP contribution in [0.3, 0.4) is 0 Å². The maximum Gasteiger partial charge on any atom is 0.231 e. The molecule has 0 unspecified atom stereocenters. The first-order chi connectivity index (χ1) is 12.7. The highest BCUT2D eigenvalue weighted by Crippen LogP contribution is 2.41. The van der Waals surface area contributed by atoms with Gasteiger partial charge in [0.2, 0.25) is 12.4 Å². The summed E-state index contributed by atoms with van der Waals surface area (Å²) in [7, 11) is 0. The van der Waals surface area contributed by atoms with Crippen LogP contribution in [0.4, 0.5) is 5.82 Å². The number of ether oxygens (including phenoxy) is 2. The molecule has 5 rings (SSSR count). The number of anilines is 1. The average molecular weight is 345 g/mol. The fourth-order valence-corrected chi connectivity index (χ4v) is 3.29. The smallest absolute Gasteiger partial charge is 0.231 e. The van der Waals surface area contributed by atoms with Crippen LogP contribution in [0.1, 0.15) is 5.56 Å². The van der Waals surface area contributed by atoms with Gasteiger partial charge in [0.1, 0.15) is 11.5 Å². The van der Waals surface area contributed by atoms with Gasteiger partial charge >= 0.3 is 0 Å². The van der Waals surface area contributed by atoms with E-state index < -0.39 is 0 Å². The highest BCUT2D eigenvalue weighted by atomic mass is 16.7. The van der Waals surface area contributed by atoms with E-state index in [-0.39, 0.29) is 6.79 Å². The second-order valence-electron chi connectivity index (χ2n) is 6.14. The van der Waals surface area contributed by atoms with E-state index in [9.17, 15) is 0 Å². The van der Waals surface area contributed by atoms with Crippen molar-refractivity contribution in [3.8, 4) is 33.9 Å². The van der Waals surface area contributed by atoms with Gasteiger partial charge in [0, 0.05) is 11.1 Å². The van der Waals surface area contributed by atoms with Crippen molar-refractivity contribution in [3.05, 3.63) is 48.0 Å². The largest absolute Gasteiger partial charge is 0.454 e. The van der Waals surface area contributed by atoms with Gasteiger partial charge in [-0.05, 0) is 36.2 Å². The van der Waals surface area contributed by atoms with E-state index in [1.165, 1.54) is 0 Å². The summed E-state index contributed by atoms with van der Waals surface area (Å²) < 4.78 is 10.9. The summed E-state index contributed by atoms with van der Waals surface area (Å²) in [4.78, 5) is 0. The Labute approximate surface area is 148 Å². The summed E-state index contributed by atoms with van der Waals surface area (Å²) in [5, 5.41) is 16.4. The van der Waals surface area contributed by atoms with Gasteiger partial charge in [-0.2, -0.15) is 5.10 Å². The number of nitrogen functional groups attached to an aromatic ring is 1. The Morgan fingerprint density at radius 2 is 1.88 bits per heavy atom. The molecule has 0 amide bonds. The lowest BCUT2D eigenvalue weighted by Crippen LogP contribution is -1.97. The molecule has 7 heteroatoms. The van der Waals surface area contributed by atoms with Crippen molar-refractivity contribution >= 4 is 16.9 Å². The third-order valence-corrected chi connectivity index (χ3v) is 4.57. The number of aromatic nitrogens is 4. The lowest BCUT2D eigenvalue weighted by atomic mass is 9.94. The summed E-state index contributed by atoms with van der Waals surface area (Å²) in [5.41, 5.74) is 11.3. The Bertz CT molecular complexity index is 1150. The molecular formula is C19H15N5O2. The zero-order valence-electron chi connectivity index (χ0n) is 14.0. The number of nitrogens with two attached hydrogens (primary N) is 1. The molecule has 26 heavy (non-hydrogen) atoms. The van der Waals surface area contributed by atoms with Gasteiger partial charge in [-0.1, -0.05) is 24.3 Å². The van der Waals surface area contributed by atoms with Gasteiger partial charge in [0.05, 0.1) is 5.39 Å². The van der Waals surface area contributed by atoms with Crippen LogP contribution in [0.15, 0.2) is 42.5 Å². The molecule has 0 bridgehead atoms. The fourth-order valence-electron chi connectivity index (χ4n) is 3.29. The molecule has 1 aliphatic heterocycles. The van der Waals surface area contributed by atoms with Crippen LogP contribution < -0.4 is 15.2 Å². The molecule has 3 heterocycles. The van der Waals surface area contributed by atoms with Gasteiger partial charge in [-0.15, -0.1) is 10.2 Å². The van der Waals surface area contributed by atoms with Crippen LogP contribution in [-0.4, -0.2) is 27.2 Å². The number of hydrogen-bond donors (Lipinski definition) is 2. The molecule has 0 aliphatic carbocycles. The SMILES string of the molecule is Cc1ccccc1-c1c(-c2ccc3c(c2)OCO3)nnc2n[nH]c(N)c12. The van der Waals surface area contributed by atoms with Crippen LogP contribution in [0.5, 0.6) is 11.5 Å². The van der Waals surface area contributed by atoms with Crippen molar-refractivity contribution in [2.75, 3.05) is 12.5 Å². The van der Waals surface area contributed by atoms with Crippen LogP contribution >= 0.6 is 0 Å². The number of aryl methyl sites for hydroxylation is 1. The average Bonchev–Trinajstić information content (AvgIpc) is 3.28. The first kappa shape index (κ1) is 14.7. The van der Waals surface area contributed by atoms with Crippen molar-refractivity contribution in [3.63, 3.8) is 0 Å². The highest BCUT2D eigenvalue weighted by Gasteiger charge is 2.22. The zero-order chi connectivity index (χ0) is 17.7. The highest BCUT2D eigenvalue weighted by molar-refractivity contribution is 6.05. The standard InChI is InChI=1S/C19H15N5O2/c1-10-4-2-3-5-12(10)15-16-18(20)22-24-19(16)23-21-17(15)11-6-7-13-14(8-11)26-9-25-13/h2-8H,9H2,1H3,(H3,20,22,23,24). The van der Waals surface area contributed by atoms with Crippen molar-refractivity contribution in [2.45, 2.75) is 6.92 Å². The number of H-pyrrole nitrogens is 1. The van der Waals surface area contributed by atoms with Crippen LogP contribution in [0.25, 0.3) is 33.4 Å². The molecule has 0 atom stereocenters. The molecule has 2 aromatic carbocycles. The Morgan fingerprint density at radius 1 is 1.04 bits per heavy atom. The van der Waals surface area contributed by atoms with Crippen molar-refractivity contribution < 1.29 is 9.47 Å². The maximum absolute atomic E-state index is 6.17. The molecule has 0 radical (unpaired) electrons. The molecule has 7 nitrogen and oxygen atoms in total. The monoisotopic (exact) mass is 345 g/mol. The van der Waals surface area contributed by atoms with Crippen molar-refractivity contribution in [2.24, 2.45) is 0 Å². The first-order valence-corrected chi connectivity index (χ1v) is 8.18. The van der Waals surface area contributed by atoms with Gasteiger partial charge in [0.25, 0.3) is 0 Å². The molecule has 0 saturated heterocycles. The third kappa shape index (κ3) is 2.10. The van der Waals surface area contributed by atoms with E-state index in [0.29, 0.717) is 17.2 Å². The molecule has 4 aromatic rings. The Balaban J connectivity index is 1.85. The van der Waals surface area contributed by atoms with E-state index in [2.05, 4.69) is 39.5 Å². The van der Waals surface area contributed by atoms with Crippen LogP contribution in [-0.2, 0) is 0 Å². The molecule has 1 aliphatic rings. The first-order valence-electron chi connectivity index (χ1n) is 8.18. The molecule has 2 aromatic heterocycles. The predicted octanol–water partition coefficient (Wildman–Crippen LogP) is 3.31. The second-order valence-corrected chi connectivity index (χ2v) is 6.14. The number of aromatic amines is 1. The van der Waals surface area contributed by atoms with Crippen LogP contribution in [0, 0.1) is 6.92 Å². The van der Waals surface area contributed by atoms with Crippen LogP contribution in [0.2, 0.25) is 0 Å². The summed E-state index contributed by atoms with van der Waals surface area (Å²) in [6.45, 7) is 2.28. The van der Waals surface area contributed by atoms with Crippen molar-refractivity contribution in [1.82, 2.24) is 20.4 Å². The number of nitrogens with zero attached hydrogens (tertiary/aromatic N) is 3. The maximum atomic E-state index is 6.17. The molecule has 0 saturated carbocycles. The van der Waals surface area contributed by atoms with E-state index in [0.717, 1.165) is 39.1 Å². The lowest BCUT2D eigenvalue weighted by Gasteiger charge is -2.12. The number of rotatable bonds is 2. The van der Waals surface area contributed by atoms with Gasteiger partial charge in [-0.3, -0.25) is 5.10 Å². The molecular weight excluding hydrogens is 330 g/mol. The Kier molecular flexibility index (Phi) is 3.08. The Morgan fingerprint density at radius 3 is 2.77 bits per heavy atom. The molecule has 0 spiro atoms. The lowest BCUT2D eigenvalue weighted by molar-refractivity contribution is 0.174. The van der Waals surface area contributed by atoms with Gasteiger partial charge in [-0.25, -0.2) is 0 Å². The van der Waals surface area contributed by atoms with Crippen molar-refractivity contribution in [1.29, 1.82) is 0 Å². The predicted molar refractivity (Wildman–Crippen MR) is 97.8 cm³/mol. The number of hydrogen-bond acceptors (Lipinski definition) is 6. The van der Waals surface area contributed by atoms with E-state index in [4.69, 9.17) is 15.2 Å².